The van der Waals surface area contributed by atoms with Gasteiger partial charge in [0, 0.05) is 5.56 Å². The first-order valence-electron chi connectivity index (χ1n) is 8.57. The molecule has 0 unspecified atom stereocenters. The molecule has 0 bridgehead atoms. The highest BCUT2D eigenvalue weighted by Crippen LogP contribution is 2.33. The van der Waals surface area contributed by atoms with E-state index in [-0.39, 0.29) is 5.69 Å². The van der Waals surface area contributed by atoms with E-state index in [0.29, 0.717) is 15.8 Å². The quantitative estimate of drug-likeness (QED) is 0.658. The van der Waals surface area contributed by atoms with Crippen molar-refractivity contribution < 1.29 is 22.8 Å². The highest BCUT2D eigenvalue weighted by molar-refractivity contribution is 6.00. The maximum Gasteiger partial charge on any atom is 0.434 e. The van der Waals surface area contributed by atoms with Gasteiger partial charge < -0.3 is 0 Å². The number of aryl methyl sites for hydroxylation is 2. The van der Waals surface area contributed by atoms with E-state index in [2.05, 4.69) is 10.5 Å². The molecule has 1 heterocycles. The number of benzene rings is 2. The predicted molar refractivity (Wildman–Crippen MR) is 99.4 cm³/mol. The molecule has 2 amide bonds. The van der Waals surface area contributed by atoms with Crippen LogP contribution in [-0.4, -0.2) is 21.6 Å². The lowest BCUT2D eigenvalue weighted by Crippen LogP contribution is -2.42. The number of halogens is 3. The first kappa shape index (κ1) is 20.1. The van der Waals surface area contributed by atoms with E-state index < -0.39 is 29.2 Å². The Labute approximate surface area is 164 Å². The number of hydrogen-bond donors (Lipinski definition) is 2. The van der Waals surface area contributed by atoms with E-state index in [1.807, 2.05) is 5.43 Å². The van der Waals surface area contributed by atoms with Crippen molar-refractivity contribution in [3.8, 4) is 5.69 Å². The Morgan fingerprint density at radius 1 is 0.897 bits per heavy atom. The number of hydrazine groups is 1. The lowest BCUT2D eigenvalue weighted by Gasteiger charge is -2.13. The normalized spacial score (nSPS) is 11.2. The summed E-state index contributed by atoms with van der Waals surface area (Å²) in [5.74, 6) is -1.77. The SMILES string of the molecule is Cc1ccc(-n2ncc(C(=O)NNC(=O)c3ccccc3C)c2C(F)(F)F)cc1. The zero-order valence-corrected chi connectivity index (χ0v) is 15.5. The Balaban J connectivity index is 1.86. The molecule has 0 aliphatic rings. The minimum absolute atomic E-state index is 0.158. The average molecular weight is 402 g/mol. The van der Waals surface area contributed by atoms with E-state index in [0.717, 1.165) is 11.8 Å². The Hall–Kier alpha value is -3.62. The fraction of sp³-hybridized carbons (Fsp3) is 0.150. The number of alkyl halides is 3. The second-order valence-corrected chi connectivity index (χ2v) is 6.38. The second-order valence-electron chi connectivity index (χ2n) is 6.38. The second kappa shape index (κ2) is 7.78. The molecule has 0 spiro atoms. The number of aromatic nitrogens is 2. The largest absolute Gasteiger partial charge is 0.434 e. The molecule has 1 aromatic heterocycles. The molecule has 0 saturated heterocycles. The molecule has 0 saturated carbocycles. The number of nitrogens with one attached hydrogen (secondary N) is 2. The number of hydrogen-bond acceptors (Lipinski definition) is 3. The monoisotopic (exact) mass is 402 g/mol. The molecule has 0 aliphatic heterocycles. The Morgan fingerprint density at radius 3 is 2.07 bits per heavy atom. The number of nitrogens with zero attached hydrogens (tertiary/aromatic N) is 2. The van der Waals surface area contributed by atoms with E-state index in [1.165, 1.54) is 18.2 Å². The third-order valence-corrected chi connectivity index (χ3v) is 4.24. The molecular weight excluding hydrogens is 385 g/mol. The van der Waals surface area contributed by atoms with Crippen LogP contribution < -0.4 is 10.9 Å². The van der Waals surface area contributed by atoms with Crippen molar-refractivity contribution >= 4 is 11.8 Å². The van der Waals surface area contributed by atoms with Crippen LogP contribution in [0.15, 0.2) is 54.7 Å². The third-order valence-electron chi connectivity index (χ3n) is 4.24. The van der Waals surface area contributed by atoms with Gasteiger partial charge in [-0.2, -0.15) is 18.3 Å². The van der Waals surface area contributed by atoms with Gasteiger partial charge in [-0.3, -0.25) is 20.4 Å². The van der Waals surface area contributed by atoms with Crippen LogP contribution in [0.25, 0.3) is 5.69 Å². The third kappa shape index (κ3) is 4.29. The topological polar surface area (TPSA) is 76.0 Å². The van der Waals surface area contributed by atoms with Crippen LogP contribution in [0.3, 0.4) is 0 Å². The molecule has 29 heavy (non-hydrogen) atoms. The Morgan fingerprint density at radius 2 is 1.48 bits per heavy atom. The molecule has 9 heteroatoms. The standard InChI is InChI=1S/C20H17F3N4O2/c1-12-7-9-14(10-8-12)27-17(20(21,22)23)16(11-24-27)19(29)26-25-18(28)15-6-4-3-5-13(15)2/h3-11H,1-2H3,(H,25,28)(H,26,29). The molecule has 6 nitrogen and oxygen atoms in total. The van der Waals surface area contributed by atoms with Gasteiger partial charge in [0.25, 0.3) is 11.8 Å². The number of carbonyl (C=O) groups excluding carboxylic acids is 2. The maximum absolute atomic E-state index is 13.7. The van der Waals surface area contributed by atoms with Crippen molar-refractivity contribution in [2.75, 3.05) is 0 Å². The van der Waals surface area contributed by atoms with Gasteiger partial charge in [-0.25, -0.2) is 4.68 Å². The molecule has 3 aromatic rings. The van der Waals surface area contributed by atoms with Crippen LogP contribution in [-0.2, 0) is 6.18 Å². The molecule has 0 radical (unpaired) electrons. The summed E-state index contributed by atoms with van der Waals surface area (Å²) in [6.45, 7) is 3.50. The van der Waals surface area contributed by atoms with Crippen molar-refractivity contribution in [2.24, 2.45) is 0 Å². The number of carbonyl (C=O) groups is 2. The molecule has 2 aromatic carbocycles. The number of rotatable bonds is 3. The highest BCUT2D eigenvalue weighted by atomic mass is 19.4. The van der Waals surface area contributed by atoms with Gasteiger partial charge in [0.1, 0.15) is 0 Å². The molecule has 150 valence electrons. The summed E-state index contributed by atoms with van der Waals surface area (Å²) in [7, 11) is 0. The number of amides is 2. The van der Waals surface area contributed by atoms with Crippen molar-refractivity contribution in [1.29, 1.82) is 0 Å². The van der Waals surface area contributed by atoms with Gasteiger partial charge >= 0.3 is 6.18 Å². The molecule has 3 rings (SSSR count). The Bertz CT molecular complexity index is 1060. The van der Waals surface area contributed by atoms with Gasteiger partial charge in [0.2, 0.25) is 0 Å². The summed E-state index contributed by atoms with van der Waals surface area (Å²) >= 11 is 0. The van der Waals surface area contributed by atoms with Crippen LogP contribution in [0.4, 0.5) is 13.2 Å². The molecule has 2 N–H and O–H groups in total. The fourth-order valence-electron chi connectivity index (χ4n) is 2.74. The van der Waals surface area contributed by atoms with Gasteiger partial charge in [-0.15, -0.1) is 0 Å². The summed E-state index contributed by atoms with van der Waals surface area (Å²) in [5.41, 5.74) is 4.18. The fourth-order valence-corrected chi connectivity index (χ4v) is 2.74. The van der Waals surface area contributed by atoms with E-state index >= 15 is 0 Å². The van der Waals surface area contributed by atoms with Gasteiger partial charge in [0.15, 0.2) is 5.69 Å². The summed E-state index contributed by atoms with van der Waals surface area (Å²) in [6.07, 6.45) is -4.02. The predicted octanol–water partition coefficient (Wildman–Crippen LogP) is 3.58. The van der Waals surface area contributed by atoms with Crippen molar-refractivity contribution in [3.63, 3.8) is 0 Å². The lowest BCUT2D eigenvalue weighted by molar-refractivity contribution is -0.143. The first-order chi connectivity index (χ1) is 13.7. The van der Waals surface area contributed by atoms with E-state index in [4.69, 9.17) is 0 Å². The van der Waals surface area contributed by atoms with Crippen LogP contribution >= 0.6 is 0 Å². The van der Waals surface area contributed by atoms with Crippen LogP contribution in [0, 0.1) is 13.8 Å². The smallest absolute Gasteiger partial charge is 0.267 e. The van der Waals surface area contributed by atoms with Gasteiger partial charge in [0.05, 0.1) is 17.4 Å². The summed E-state index contributed by atoms with van der Waals surface area (Å²) in [4.78, 5) is 24.5. The van der Waals surface area contributed by atoms with Crippen LogP contribution in [0.1, 0.15) is 37.5 Å². The van der Waals surface area contributed by atoms with E-state index in [9.17, 15) is 22.8 Å². The van der Waals surface area contributed by atoms with Crippen molar-refractivity contribution in [3.05, 3.63) is 82.7 Å². The minimum Gasteiger partial charge on any atom is -0.267 e. The van der Waals surface area contributed by atoms with E-state index in [1.54, 1.807) is 44.2 Å². The zero-order valence-electron chi connectivity index (χ0n) is 15.5. The van der Waals surface area contributed by atoms with Crippen LogP contribution in [0.2, 0.25) is 0 Å². The van der Waals surface area contributed by atoms with Crippen molar-refractivity contribution in [1.82, 2.24) is 20.6 Å². The highest BCUT2D eigenvalue weighted by Gasteiger charge is 2.40. The van der Waals surface area contributed by atoms with Gasteiger partial charge in [-0.1, -0.05) is 35.9 Å². The maximum atomic E-state index is 13.7. The summed E-state index contributed by atoms with van der Waals surface area (Å²) < 4.78 is 41.6. The minimum atomic E-state index is -4.84. The van der Waals surface area contributed by atoms with Crippen LogP contribution in [0.5, 0.6) is 0 Å². The lowest BCUT2D eigenvalue weighted by atomic mass is 10.1. The van der Waals surface area contributed by atoms with Gasteiger partial charge in [-0.05, 0) is 37.6 Å². The molecule has 0 aliphatic carbocycles. The average Bonchev–Trinajstić information content (AvgIpc) is 3.12. The molecule has 0 fully saturated rings. The van der Waals surface area contributed by atoms with Crippen molar-refractivity contribution in [2.45, 2.75) is 20.0 Å². The summed E-state index contributed by atoms with van der Waals surface area (Å²) in [5, 5.41) is 3.73. The first-order valence-corrected chi connectivity index (χ1v) is 8.57. The zero-order chi connectivity index (χ0) is 21.2. The molecule has 0 atom stereocenters. The summed E-state index contributed by atoms with van der Waals surface area (Å²) in [6, 6.07) is 12.8. The Kier molecular flexibility index (Phi) is 5.40. The molecular formula is C20H17F3N4O2.